The maximum atomic E-state index is 5.90. The Morgan fingerprint density at radius 2 is 1.07 bits per heavy atom. The van der Waals surface area contributed by atoms with Crippen molar-refractivity contribution >= 4 is 0 Å². The zero-order valence-electron chi connectivity index (χ0n) is 26.3. The summed E-state index contributed by atoms with van der Waals surface area (Å²) in [6.45, 7) is 5.54. The lowest BCUT2D eigenvalue weighted by molar-refractivity contribution is -0.697. The molecule has 0 fully saturated rings. The van der Waals surface area contributed by atoms with E-state index >= 15 is 0 Å². The van der Waals surface area contributed by atoms with Crippen molar-refractivity contribution in [3.8, 4) is 0 Å². The number of unbranched alkanes of at least 4 members (excludes halogenated alkanes) is 14. The number of nitrogens with zero attached hydrogens (tertiary/aromatic N) is 2. The Kier molecular flexibility index (Phi) is 23.3. The minimum absolute atomic E-state index is 0.850. The Balaban J connectivity index is 1.32. The SMILES string of the molecule is NCCCCCCCCCCCCOCCCc1ccc[n+](CCCCCCCCOCCCc2cccnc2)c1. The standard InChI is InChI=1S/C36H62N3O2/c37-25-13-9-5-3-1-2-4-7-11-15-30-41-32-20-24-36-22-18-28-39(34-36)27-14-10-6-8-12-16-29-40-31-19-23-35-21-17-26-38-33-35/h17-18,21-22,26,28,33-34H,1-16,19-20,23-25,27,29-32,37H2/q+1. The molecule has 0 unspecified atom stereocenters. The molecule has 5 nitrogen and oxygen atoms in total. The van der Waals surface area contributed by atoms with E-state index in [2.05, 4.69) is 40.1 Å². The van der Waals surface area contributed by atoms with Crippen LogP contribution in [0, 0.1) is 0 Å². The highest BCUT2D eigenvalue weighted by Gasteiger charge is 2.04. The lowest BCUT2D eigenvalue weighted by Crippen LogP contribution is -2.33. The highest BCUT2D eigenvalue weighted by Crippen LogP contribution is 2.11. The first-order valence-corrected chi connectivity index (χ1v) is 17.1. The zero-order chi connectivity index (χ0) is 28.9. The van der Waals surface area contributed by atoms with Gasteiger partial charge in [-0.05, 0) is 75.6 Å². The Hall–Kier alpha value is -1.82. The molecule has 0 amide bonds. The van der Waals surface area contributed by atoms with Crippen LogP contribution in [0.25, 0.3) is 0 Å². The van der Waals surface area contributed by atoms with Crippen molar-refractivity contribution in [1.29, 1.82) is 0 Å². The van der Waals surface area contributed by atoms with Crippen molar-refractivity contribution in [2.24, 2.45) is 5.73 Å². The molecule has 0 aliphatic rings. The van der Waals surface area contributed by atoms with Gasteiger partial charge in [-0.2, -0.15) is 0 Å². The topological polar surface area (TPSA) is 61.2 Å². The molecule has 0 aromatic carbocycles. The van der Waals surface area contributed by atoms with Crippen molar-refractivity contribution < 1.29 is 14.0 Å². The van der Waals surface area contributed by atoms with Crippen LogP contribution in [0.2, 0.25) is 0 Å². The van der Waals surface area contributed by atoms with Crippen LogP contribution in [0.3, 0.4) is 0 Å². The second-order valence-electron chi connectivity index (χ2n) is 11.7. The summed E-state index contributed by atoms with van der Waals surface area (Å²) in [5, 5.41) is 0. The fourth-order valence-corrected chi connectivity index (χ4v) is 5.34. The Labute approximate surface area is 252 Å². The van der Waals surface area contributed by atoms with Crippen LogP contribution in [-0.2, 0) is 28.9 Å². The van der Waals surface area contributed by atoms with E-state index in [1.165, 1.54) is 114 Å². The summed E-state index contributed by atoms with van der Waals surface area (Å²) in [6, 6.07) is 8.60. The highest BCUT2D eigenvalue weighted by molar-refractivity contribution is 5.08. The number of nitrogens with two attached hydrogens (primary N) is 1. The summed E-state index contributed by atoms with van der Waals surface area (Å²) < 4.78 is 14.1. The van der Waals surface area contributed by atoms with E-state index in [4.69, 9.17) is 15.2 Å². The van der Waals surface area contributed by atoms with Crippen LogP contribution in [0.5, 0.6) is 0 Å². The summed E-state index contributed by atoms with van der Waals surface area (Å²) in [5.41, 5.74) is 8.27. The molecule has 0 radical (unpaired) electrons. The first-order valence-electron chi connectivity index (χ1n) is 17.1. The predicted octanol–water partition coefficient (Wildman–Crippen LogP) is 8.17. The van der Waals surface area contributed by atoms with Crippen LogP contribution in [0.4, 0.5) is 0 Å². The first-order chi connectivity index (χ1) is 20.4. The van der Waals surface area contributed by atoms with Gasteiger partial charge in [0.25, 0.3) is 0 Å². The van der Waals surface area contributed by atoms with Gasteiger partial charge in [0.15, 0.2) is 12.4 Å². The van der Waals surface area contributed by atoms with Crippen LogP contribution in [-0.4, -0.2) is 38.0 Å². The van der Waals surface area contributed by atoms with Gasteiger partial charge in [0.05, 0.1) is 0 Å². The quantitative estimate of drug-likeness (QED) is 0.0794. The monoisotopic (exact) mass is 568 g/mol. The molecule has 2 aromatic rings. The molecule has 232 valence electrons. The molecule has 2 N–H and O–H groups in total. The van der Waals surface area contributed by atoms with Crippen LogP contribution in [0.1, 0.15) is 127 Å². The molecule has 0 saturated heterocycles. The molecule has 0 bridgehead atoms. The zero-order valence-corrected chi connectivity index (χ0v) is 26.3. The number of aromatic nitrogens is 2. The average Bonchev–Trinajstić information content (AvgIpc) is 3.00. The largest absolute Gasteiger partial charge is 0.381 e. The van der Waals surface area contributed by atoms with Crippen molar-refractivity contribution in [3.63, 3.8) is 0 Å². The summed E-state index contributed by atoms with van der Waals surface area (Å²) in [7, 11) is 0. The van der Waals surface area contributed by atoms with Gasteiger partial charge in [-0.1, -0.05) is 76.7 Å². The van der Waals surface area contributed by atoms with Crippen LogP contribution < -0.4 is 10.3 Å². The van der Waals surface area contributed by atoms with Gasteiger partial charge in [-0.25, -0.2) is 4.57 Å². The van der Waals surface area contributed by atoms with Crippen molar-refractivity contribution in [3.05, 3.63) is 60.2 Å². The summed E-state index contributed by atoms with van der Waals surface area (Å²) >= 11 is 0. The van der Waals surface area contributed by atoms with E-state index in [9.17, 15) is 0 Å². The van der Waals surface area contributed by atoms with E-state index in [1.807, 2.05) is 18.5 Å². The normalized spacial score (nSPS) is 11.3. The summed E-state index contributed by atoms with van der Waals surface area (Å²) in [4.78, 5) is 4.16. The molecule has 0 aliphatic carbocycles. The number of ether oxygens (including phenoxy) is 2. The minimum atomic E-state index is 0.850. The second kappa shape index (κ2) is 27.0. The maximum absolute atomic E-state index is 5.90. The third-order valence-corrected chi connectivity index (χ3v) is 7.85. The number of hydrogen-bond acceptors (Lipinski definition) is 4. The summed E-state index contributed by atoms with van der Waals surface area (Å²) in [5.74, 6) is 0. The third kappa shape index (κ3) is 21.5. The predicted molar refractivity (Wildman–Crippen MR) is 172 cm³/mol. The van der Waals surface area contributed by atoms with Crippen molar-refractivity contribution in [2.45, 2.75) is 135 Å². The van der Waals surface area contributed by atoms with Crippen molar-refractivity contribution in [1.82, 2.24) is 4.98 Å². The number of pyridine rings is 2. The van der Waals surface area contributed by atoms with Crippen LogP contribution in [0.15, 0.2) is 49.1 Å². The van der Waals surface area contributed by atoms with Crippen molar-refractivity contribution in [2.75, 3.05) is 33.0 Å². The smallest absolute Gasteiger partial charge is 0.171 e. The molecular formula is C36H62N3O2+. The summed E-state index contributed by atoms with van der Waals surface area (Å²) in [6.07, 6.45) is 33.7. The maximum Gasteiger partial charge on any atom is 0.171 e. The first kappa shape index (κ1) is 35.4. The molecule has 5 heteroatoms. The second-order valence-corrected chi connectivity index (χ2v) is 11.7. The van der Waals surface area contributed by atoms with E-state index < -0.39 is 0 Å². The van der Waals surface area contributed by atoms with E-state index in [-0.39, 0.29) is 0 Å². The van der Waals surface area contributed by atoms with Gasteiger partial charge in [0, 0.05) is 56.9 Å². The number of rotatable bonds is 29. The van der Waals surface area contributed by atoms with Gasteiger partial charge in [0.2, 0.25) is 0 Å². The molecular weight excluding hydrogens is 506 g/mol. The fourth-order valence-electron chi connectivity index (χ4n) is 5.34. The third-order valence-electron chi connectivity index (χ3n) is 7.85. The van der Waals surface area contributed by atoms with Gasteiger partial charge >= 0.3 is 0 Å². The molecule has 0 spiro atoms. The van der Waals surface area contributed by atoms with E-state index in [0.29, 0.717) is 0 Å². The lowest BCUT2D eigenvalue weighted by atomic mass is 10.1. The Bertz CT molecular complexity index is 817. The van der Waals surface area contributed by atoms with Gasteiger partial charge in [-0.3, -0.25) is 4.98 Å². The molecule has 41 heavy (non-hydrogen) atoms. The minimum Gasteiger partial charge on any atom is -0.381 e. The number of aryl methyl sites for hydroxylation is 3. The molecule has 2 heterocycles. The lowest BCUT2D eigenvalue weighted by Gasteiger charge is -2.05. The fraction of sp³-hybridized carbons (Fsp3) is 0.722. The Morgan fingerprint density at radius 1 is 0.561 bits per heavy atom. The molecule has 0 saturated carbocycles. The number of hydrogen-bond donors (Lipinski definition) is 1. The van der Waals surface area contributed by atoms with Gasteiger partial charge in [0.1, 0.15) is 6.54 Å². The van der Waals surface area contributed by atoms with Gasteiger partial charge in [-0.15, -0.1) is 0 Å². The highest BCUT2D eigenvalue weighted by atomic mass is 16.5. The Morgan fingerprint density at radius 3 is 1.66 bits per heavy atom. The molecule has 2 rings (SSSR count). The molecule has 0 aliphatic heterocycles. The van der Waals surface area contributed by atoms with Crippen LogP contribution >= 0.6 is 0 Å². The van der Waals surface area contributed by atoms with E-state index in [0.717, 1.165) is 65.2 Å². The molecule has 0 atom stereocenters. The average molecular weight is 569 g/mol. The van der Waals surface area contributed by atoms with Gasteiger partial charge < -0.3 is 15.2 Å². The van der Waals surface area contributed by atoms with E-state index in [1.54, 1.807) is 0 Å². The molecule has 2 aromatic heterocycles.